The van der Waals surface area contributed by atoms with E-state index in [0.29, 0.717) is 0 Å². The standard InChI is InChI=1S/C36H21N3O2/c1-2-8-26-22(7-1)13-14-23-17-24(15-16-27(23)26)39(25-18-34-36(38-20-25)29-10-4-6-12-32(29)41-34)35-19-33-30(21-37-35)28-9-3-5-11-31(28)40-33/h1-21H. The maximum atomic E-state index is 6.24. The summed E-state index contributed by atoms with van der Waals surface area (Å²) in [6.45, 7) is 0. The Hall–Kier alpha value is -5.68. The Balaban J connectivity index is 1.28. The fraction of sp³-hybridized carbons (Fsp3) is 0. The van der Waals surface area contributed by atoms with Crippen molar-refractivity contribution >= 4 is 82.7 Å². The van der Waals surface area contributed by atoms with E-state index in [1.807, 2.05) is 67.0 Å². The number of nitrogens with zero attached hydrogens (tertiary/aromatic N) is 3. The van der Waals surface area contributed by atoms with Crippen LogP contribution in [0, 0.1) is 0 Å². The summed E-state index contributed by atoms with van der Waals surface area (Å²) in [6, 6.07) is 39.4. The number of anilines is 3. The topological polar surface area (TPSA) is 55.3 Å². The largest absolute Gasteiger partial charge is 0.456 e. The van der Waals surface area contributed by atoms with Crippen molar-refractivity contribution in [1.82, 2.24) is 9.97 Å². The predicted octanol–water partition coefficient (Wildman–Crippen LogP) is 10.1. The summed E-state index contributed by atoms with van der Waals surface area (Å²) in [5, 5.41) is 7.85. The van der Waals surface area contributed by atoms with Gasteiger partial charge in [0.2, 0.25) is 0 Å². The molecule has 0 amide bonds. The minimum atomic E-state index is 0.727. The van der Waals surface area contributed by atoms with Gasteiger partial charge in [-0.15, -0.1) is 0 Å². The van der Waals surface area contributed by atoms with E-state index in [1.165, 1.54) is 16.2 Å². The van der Waals surface area contributed by atoms with Gasteiger partial charge in [0.05, 0.1) is 11.9 Å². The minimum Gasteiger partial charge on any atom is -0.456 e. The van der Waals surface area contributed by atoms with Crippen LogP contribution in [0.2, 0.25) is 0 Å². The molecule has 0 unspecified atom stereocenters. The van der Waals surface area contributed by atoms with Crippen LogP contribution in [0.3, 0.4) is 0 Å². The van der Waals surface area contributed by atoms with Crippen molar-refractivity contribution in [3.8, 4) is 0 Å². The average Bonchev–Trinajstić information content (AvgIpc) is 3.58. The van der Waals surface area contributed by atoms with E-state index >= 15 is 0 Å². The van der Waals surface area contributed by atoms with Crippen LogP contribution >= 0.6 is 0 Å². The molecule has 9 rings (SSSR count). The lowest BCUT2D eigenvalue weighted by molar-refractivity contribution is 0.668. The zero-order valence-corrected chi connectivity index (χ0v) is 21.8. The lowest BCUT2D eigenvalue weighted by Gasteiger charge is -2.24. The number of aromatic nitrogens is 2. The zero-order chi connectivity index (χ0) is 26.9. The summed E-state index contributed by atoms with van der Waals surface area (Å²) >= 11 is 0. The van der Waals surface area contributed by atoms with Crippen LogP contribution in [-0.4, -0.2) is 9.97 Å². The predicted molar refractivity (Wildman–Crippen MR) is 166 cm³/mol. The molecule has 5 heteroatoms. The van der Waals surface area contributed by atoms with Gasteiger partial charge >= 0.3 is 0 Å². The highest BCUT2D eigenvalue weighted by atomic mass is 16.3. The molecule has 41 heavy (non-hydrogen) atoms. The summed E-state index contributed by atoms with van der Waals surface area (Å²) in [5.74, 6) is 0.731. The first-order chi connectivity index (χ1) is 20.3. The summed E-state index contributed by atoms with van der Waals surface area (Å²) < 4.78 is 12.5. The molecule has 0 saturated heterocycles. The number of para-hydroxylation sites is 2. The molecule has 5 nitrogen and oxygen atoms in total. The Kier molecular flexibility index (Phi) is 4.55. The molecular weight excluding hydrogens is 506 g/mol. The normalized spacial score (nSPS) is 11.9. The highest BCUT2D eigenvalue weighted by Crippen LogP contribution is 2.40. The Morgan fingerprint density at radius 3 is 2.05 bits per heavy atom. The van der Waals surface area contributed by atoms with Gasteiger partial charge in [0.15, 0.2) is 5.58 Å². The molecule has 192 valence electrons. The second-order valence-corrected chi connectivity index (χ2v) is 10.3. The molecule has 4 aromatic heterocycles. The molecular formula is C36H21N3O2. The molecule has 4 heterocycles. The van der Waals surface area contributed by atoms with Crippen molar-refractivity contribution in [2.75, 3.05) is 4.90 Å². The number of hydrogen-bond acceptors (Lipinski definition) is 5. The van der Waals surface area contributed by atoms with Gasteiger partial charge in [-0.2, -0.15) is 0 Å². The summed E-state index contributed by atoms with van der Waals surface area (Å²) in [6.07, 6.45) is 3.78. The van der Waals surface area contributed by atoms with Gasteiger partial charge < -0.3 is 8.83 Å². The SMILES string of the molecule is c1ccc2c(c1)ccc1cc(N(c3cnc4c(c3)oc3ccccc34)c3cc4oc5ccccc5c4cn3)ccc12. The third-order valence-electron chi connectivity index (χ3n) is 7.92. The Labute approximate surface area is 233 Å². The number of rotatable bonds is 3. The van der Waals surface area contributed by atoms with Crippen molar-refractivity contribution in [3.63, 3.8) is 0 Å². The van der Waals surface area contributed by atoms with Gasteiger partial charge in [0.25, 0.3) is 0 Å². The molecule has 0 radical (unpaired) electrons. The van der Waals surface area contributed by atoms with Crippen LogP contribution in [0.15, 0.2) is 136 Å². The van der Waals surface area contributed by atoms with Crippen LogP contribution in [0.4, 0.5) is 17.2 Å². The third-order valence-corrected chi connectivity index (χ3v) is 7.92. The van der Waals surface area contributed by atoms with Crippen LogP contribution in [0.5, 0.6) is 0 Å². The quantitative estimate of drug-likeness (QED) is 0.214. The van der Waals surface area contributed by atoms with Crippen molar-refractivity contribution in [2.45, 2.75) is 0 Å². The molecule has 0 fully saturated rings. The molecule has 5 aromatic carbocycles. The van der Waals surface area contributed by atoms with Gasteiger partial charge in [0.1, 0.15) is 28.1 Å². The number of benzene rings is 5. The molecule has 0 bridgehead atoms. The van der Waals surface area contributed by atoms with Crippen molar-refractivity contribution in [2.24, 2.45) is 0 Å². The molecule has 0 saturated carbocycles. The van der Waals surface area contributed by atoms with E-state index in [1.54, 1.807) is 0 Å². The molecule has 0 aliphatic heterocycles. The first-order valence-corrected chi connectivity index (χ1v) is 13.6. The van der Waals surface area contributed by atoms with E-state index in [9.17, 15) is 0 Å². The maximum Gasteiger partial charge on any atom is 0.155 e. The Morgan fingerprint density at radius 2 is 1.15 bits per heavy atom. The molecule has 0 aliphatic carbocycles. The van der Waals surface area contributed by atoms with E-state index < -0.39 is 0 Å². The second kappa shape index (κ2) is 8.41. The smallest absolute Gasteiger partial charge is 0.155 e. The van der Waals surface area contributed by atoms with Gasteiger partial charge in [-0.05, 0) is 51.9 Å². The number of fused-ring (bicyclic) bond motifs is 9. The monoisotopic (exact) mass is 527 g/mol. The number of pyridine rings is 2. The maximum absolute atomic E-state index is 6.24. The molecule has 0 atom stereocenters. The molecule has 0 N–H and O–H groups in total. The summed E-state index contributed by atoms with van der Waals surface area (Å²) in [7, 11) is 0. The van der Waals surface area contributed by atoms with Gasteiger partial charge in [-0.25, -0.2) is 9.97 Å². The van der Waals surface area contributed by atoms with Crippen molar-refractivity contribution < 1.29 is 8.83 Å². The van der Waals surface area contributed by atoms with Crippen LogP contribution < -0.4 is 4.90 Å². The lowest BCUT2D eigenvalue weighted by Crippen LogP contribution is -2.11. The fourth-order valence-electron chi connectivity index (χ4n) is 5.99. The van der Waals surface area contributed by atoms with Crippen LogP contribution in [0.1, 0.15) is 0 Å². The summed E-state index contributed by atoms with van der Waals surface area (Å²) in [4.78, 5) is 11.9. The lowest BCUT2D eigenvalue weighted by atomic mass is 10.0. The van der Waals surface area contributed by atoms with Crippen LogP contribution in [0.25, 0.3) is 65.6 Å². The van der Waals surface area contributed by atoms with Crippen molar-refractivity contribution in [3.05, 3.63) is 128 Å². The van der Waals surface area contributed by atoms with E-state index in [0.717, 1.165) is 66.6 Å². The van der Waals surface area contributed by atoms with Gasteiger partial charge in [0, 0.05) is 40.2 Å². The highest BCUT2D eigenvalue weighted by Gasteiger charge is 2.19. The van der Waals surface area contributed by atoms with Gasteiger partial charge in [-0.1, -0.05) is 72.8 Å². The fourth-order valence-corrected chi connectivity index (χ4v) is 5.99. The number of furan rings is 2. The first-order valence-electron chi connectivity index (χ1n) is 13.6. The number of hydrogen-bond donors (Lipinski definition) is 0. The molecule has 0 spiro atoms. The average molecular weight is 528 g/mol. The van der Waals surface area contributed by atoms with E-state index in [-0.39, 0.29) is 0 Å². The molecule has 0 aliphatic rings. The Morgan fingerprint density at radius 1 is 0.439 bits per heavy atom. The molecule has 9 aromatic rings. The Bertz CT molecular complexity index is 2340. The van der Waals surface area contributed by atoms with Crippen molar-refractivity contribution in [1.29, 1.82) is 0 Å². The first kappa shape index (κ1) is 22.2. The highest BCUT2D eigenvalue weighted by molar-refractivity contribution is 6.09. The third kappa shape index (κ3) is 3.36. The second-order valence-electron chi connectivity index (χ2n) is 10.3. The van der Waals surface area contributed by atoms with E-state index in [2.05, 4.69) is 65.6 Å². The van der Waals surface area contributed by atoms with Gasteiger partial charge in [-0.3, -0.25) is 4.90 Å². The van der Waals surface area contributed by atoms with Crippen LogP contribution in [-0.2, 0) is 0 Å². The van der Waals surface area contributed by atoms with E-state index in [4.69, 9.17) is 18.8 Å². The minimum absolute atomic E-state index is 0.727. The summed E-state index contributed by atoms with van der Waals surface area (Å²) in [5.41, 5.74) is 5.83. The zero-order valence-electron chi connectivity index (χ0n) is 21.8.